The van der Waals surface area contributed by atoms with Gasteiger partial charge in [-0.1, -0.05) is 53.6 Å². The molecule has 3 aromatic rings. The molecule has 1 heterocycles. The van der Waals surface area contributed by atoms with Gasteiger partial charge in [0.15, 0.2) is 6.61 Å². The Morgan fingerprint density at radius 2 is 1.77 bits per heavy atom. The van der Waals surface area contributed by atoms with Crippen LogP contribution in [0.5, 0.6) is 0 Å². The molecular formula is C27H24ClF3N2O5S. The summed E-state index contributed by atoms with van der Waals surface area (Å²) in [6, 6.07) is 15.1. The number of sulfonamides is 1. The molecule has 1 amide bonds. The molecule has 7 nitrogen and oxygen atoms in total. The summed E-state index contributed by atoms with van der Waals surface area (Å²) in [5.74, 6) is -1.76. The average Bonchev–Trinajstić information content (AvgIpc) is 2.88. The fourth-order valence-corrected chi connectivity index (χ4v) is 6.09. The molecule has 0 aliphatic carbocycles. The maximum atomic E-state index is 13.5. The highest BCUT2D eigenvalue weighted by atomic mass is 35.5. The number of anilines is 1. The van der Waals surface area contributed by atoms with Crippen LogP contribution in [-0.4, -0.2) is 37.8 Å². The van der Waals surface area contributed by atoms with Gasteiger partial charge >= 0.3 is 12.1 Å². The molecule has 1 aliphatic heterocycles. The topological polar surface area (TPSA) is 92.8 Å². The van der Waals surface area contributed by atoms with Gasteiger partial charge in [0, 0.05) is 6.54 Å². The predicted molar refractivity (Wildman–Crippen MR) is 139 cm³/mol. The van der Waals surface area contributed by atoms with Crippen molar-refractivity contribution >= 4 is 39.2 Å². The van der Waals surface area contributed by atoms with Crippen molar-refractivity contribution in [2.45, 2.75) is 36.9 Å². The number of carbonyl (C=O) groups is 2. The van der Waals surface area contributed by atoms with E-state index >= 15 is 0 Å². The molecule has 206 valence electrons. The van der Waals surface area contributed by atoms with E-state index in [1.807, 2.05) is 19.1 Å². The van der Waals surface area contributed by atoms with Crippen LogP contribution in [-0.2, 0) is 36.9 Å². The van der Waals surface area contributed by atoms with Gasteiger partial charge in [0.25, 0.3) is 5.91 Å². The highest BCUT2D eigenvalue weighted by Crippen LogP contribution is 2.37. The molecule has 0 aromatic heterocycles. The summed E-state index contributed by atoms with van der Waals surface area (Å²) in [6.07, 6.45) is -4.57. The van der Waals surface area contributed by atoms with Crippen LogP contribution in [0, 0.1) is 6.92 Å². The Hall–Kier alpha value is -3.41. The van der Waals surface area contributed by atoms with Crippen molar-refractivity contribution in [2.24, 2.45) is 0 Å². The van der Waals surface area contributed by atoms with Crippen LogP contribution in [0.15, 0.2) is 71.6 Å². The summed E-state index contributed by atoms with van der Waals surface area (Å²) in [4.78, 5) is 25.2. The van der Waals surface area contributed by atoms with Gasteiger partial charge in [0.2, 0.25) is 10.0 Å². The Morgan fingerprint density at radius 3 is 2.46 bits per heavy atom. The monoisotopic (exact) mass is 580 g/mol. The number of alkyl halides is 3. The quantitative estimate of drug-likeness (QED) is 0.371. The molecule has 0 saturated heterocycles. The van der Waals surface area contributed by atoms with Gasteiger partial charge in [-0.3, -0.25) is 9.59 Å². The van der Waals surface area contributed by atoms with Gasteiger partial charge in [0.1, 0.15) is 0 Å². The zero-order valence-corrected chi connectivity index (χ0v) is 22.2. The molecule has 1 N–H and O–H groups in total. The third kappa shape index (κ3) is 6.60. The third-order valence-electron chi connectivity index (χ3n) is 6.28. The summed E-state index contributed by atoms with van der Waals surface area (Å²) in [5, 5.41) is 2.08. The summed E-state index contributed by atoms with van der Waals surface area (Å²) >= 11 is 5.90. The second-order valence-corrected chi connectivity index (χ2v) is 11.3. The zero-order chi connectivity index (χ0) is 28.4. The van der Waals surface area contributed by atoms with Crippen molar-refractivity contribution in [1.29, 1.82) is 0 Å². The van der Waals surface area contributed by atoms with Crippen molar-refractivity contribution in [3.63, 3.8) is 0 Å². The Morgan fingerprint density at radius 1 is 1.08 bits per heavy atom. The molecule has 12 heteroatoms. The molecule has 4 rings (SSSR count). The lowest BCUT2D eigenvalue weighted by molar-refractivity contribution is -0.148. The first-order chi connectivity index (χ1) is 18.4. The summed E-state index contributed by atoms with van der Waals surface area (Å²) in [5.41, 5.74) is 1.14. The Labute approximate surface area is 228 Å². The van der Waals surface area contributed by atoms with Crippen molar-refractivity contribution in [3.8, 4) is 0 Å². The van der Waals surface area contributed by atoms with E-state index < -0.39 is 46.3 Å². The maximum Gasteiger partial charge on any atom is 0.416 e. The largest absolute Gasteiger partial charge is 0.456 e. The minimum atomic E-state index is -4.64. The fourth-order valence-electron chi connectivity index (χ4n) is 4.32. The number of benzene rings is 3. The number of esters is 1. The van der Waals surface area contributed by atoms with Crippen LogP contribution in [0.4, 0.5) is 18.9 Å². The van der Waals surface area contributed by atoms with E-state index in [0.717, 1.165) is 23.3 Å². The highest BCUT2D eigenvalue weighted by molar-refractivity contribution is 7.89. The zero-order valence-electron chi connectivity index (χ0n) is 20.7. The first-order valence-corrected chi connectivity index (χ1v) is 13.7. The van der Waals surface area contributed by atoms with Gasteiger partial charge in [0.05, 0.1) is 33.6 Å². The molecule has 0 fully saturated rings. The Balaban J connectivity index is 1.48. The number of nitrogens with zero attached hydrogens (tertiary/aromatic N) is 1. The molecular weight excluding hydrogens is 557 g/mol. The predicted octanol–water partition coefficient (Wildman–Crippen LogP) is 5.53. The minimum absolute atomic E-state index is 0.0863. The van der Waals surface area contributed by atoms with E-state index in [2.05, 4.69) is 5.32 Å². The molecule has 3 aromatic carbocycles. The summed E-state index contributed by atoms with van der Waals surface area (Å²) < 4.78 is 72.3. The standard InChI is InChI=1S/C27H24ClF3N2O5S/c1-17-6-9-20(10-7-17)39(36,37)33-13-12-18-4-2-3-5-21(18)24(33)15-26(35)38-16-25(34)32-23-14-19(27(29,30)31)8-11-22(23)28/h2-11,14,24H,12-13,15-16H2,1H3,(H,32,34)/t24-/m1/s1. The molecule has 39 heavy (non-hydrogen) atoms. The first-order valence-electron chi connectivity index (χ1n) is 11.8. The van der Waals surface area contributed by atoms with Gasteiger partial charge in [-0.25, -0.2) is 8.42 Å². The maximum absolute atomic E-state index is 13.5. The first kappa shape index (κ1) is 28.6. The fraction of sp³-hybridized carbons (Fsp3) is 0.259. The number of fused-ring (bicyclic) bond motifs is 1. The van der Waals surface area contributed by atoms with Gasteiger partial charge < -0.3 is 10.1 Å². The van der Waals surface area contributed by atoms with E-state index in [4.69, 9.17) is 16.3 Å². The lowest BCUT2D eigenvalue weighted by Crippen LogP contribution is -2.41. The van der Waals surface area contributed by atoms with Crippen LogP contribution in [0.1, 0.15) is 34.7 Å². The van der Waals surface area contributed by atoms with Crippen molar-refractivity contribution in [3.05, 3.63) is 94.0 Å². The van der Waals surface area contributed by atoms with Crippen LogP contribution < -0.4 is 5.32 Å². The van der Waals surface area contributed by atoms with Crippen molar-refractivity contribution < 1.29 is 35.9 Å². The average molecular weight is 581 g/mol. The van der Waals surface area contributed by atoms with Crippen LogP contribution in [0.25, 0.3) is 0 Å². The minimum Gasteiger partial charge on any atom is -0.456 e. The number of aryl methyl sites for hydroxylation is 1. The highest BCUT2D eigenvalue weighted by Gasteiger charge is 2.38. The SMILES string of the molecule is Cc1ccc(S(=O)(=O)N2CCc3ccccc3[C@H]2CC(=O)OCC(=O)Nc2cc(C(F)(F)F)ccc2Cl)cc1. The van der Waals surface area contributed by atoms with Crippen LogP contribution in [0.2, 0.25) is 5.02 Å². The van der Waals surface area contributed by atoms with Gasteiger partial charge in [-0.15, -0.1) is 0 Å². The molecule has 0 unspecified atom stereocenters. The van der Waals surface area contributed by atoms with E-state index in [-0.39, 0.29) is 28.6 Å². The van der Waals surface area contributed by atoms with Crippen molar-refractivity contribution in [1.82, 2.24) is 4.31 Å². The number of rotatable bonds is 7. The number of hydrogen-bond donors (Lipinski definition) is 1. The number of ether oxygens (including phenoxy) is 1. The lowest BCUT2D eigenvalue weighted by Gasteiger charge is -2.36. The van der Waals surface area contributed by atoms with Crippen molar-refractivity contribution in [2.75, 3.05) is 18.5 Å². The van der Waals surface area contributed by atoms with E-state index in [1.54, 1.807) is 24.3 Å². The Kier molecular flexibility index (Phi) is 8.34. The molecule has 1 aliphatic rings. The number of amides is 1. The molecule has 0 bridgehead atoms. The second kappa shape index (κ2) is 11.4. The van der Waals surface area contributed by atoms with E-state index in [9.17, 15) is 31.2 Å². The van der Waals surface area contributed by atoms with E-state index in [1.165, 1.54) is 16.4 Å². The van der Waals surface area contributed by atoms with Gasteiger partial charge in [-0.05, 0) is 54.8 Å². The Bertz CT molecular complexity index is 1490. The number of halogens is 4. The van der Waals surface area contributed by atoms with Gasteiger partial charge in [-0.2, -0.15) is 17.5 Å². The molecule has 1 atom stereocenters. The number of nitrogens with one attached hydrogen (secondary N) is 1. The van der Waals surface area contributed by atoms with E-state index in [0.29, 0.717) is 18.1 Å². The normalized spacial score (nSPS) is 15.9. The summed E-state index contributed by atoms with van der Waals surface area (Å²) in [6.45, 7) is 1.17. The third-order valence-corrected chi connectivity index (χ3v) is 8.53. The lowest BCUT2D eigenvalue weighted by atomic mass is 9.92. The van der Waals surface area contributed by atoms with Crippen LogP contribution >= 0.6 is 11.6 Å². The number of carbonyl (C=O) groups excluding carboxylic acids is 2. The molecule has 0 radical (unpaired) electrons. The smallest absolute Gasteiger partial charge is 0.416 e. The second-order valence-electron chi connectivity index (χ2n) is 9.00. The summed E-state index contributed by atoms with van der Waals surface area (Å²) in [7, 11) is -3.97. The van der Waals surface area contributed by atoms with Crippen LogP contribution in [0.3, 0.4) is 0 Å². The molecule has 0 spiro atoms. The molecule has 0 saturated carbocycles. The number of hydrogen-bond acceptors (Lipinski definition) is 5.